The van der Waals surface area contributed by atoms with Gasteiger partial charge in [-0.15, -0.1) is 0 Å². The molecule has 1 heterocycles. The van der Waals surface area contributed by atoms with Crippen molar-refractivity contribution < 1.29 is 9.59 Å². The molecule has 0 aliphatic carbocycles. The van der Waals surface area contributed by atoms with Crippen molar-refractivity contribution in [3.8, 4) is 0 Å². The summed E-state index contributed by atoms with van der Waals surface area (Å²) in [6, 6.07) is 17.7. The number of benzene rings is 2. The normalized spacial score (nSPS) is 22.1. The number of amides is 2. The Bertz CT molecular complexity index is 623. The van der Waals surface area contributed by atoms with E-state index < -0.39 is 12.1 Å². The predicted molar refractivity (Wildman–Crippen MR) is 83.9 cm³/mol. The summed E-state index contributed by atoms with van der Waals surface area (Å²) >= 11 is 0. The maximum absolute atomic E-state index is 12.8. The van der Waals surface area contributed by atoms with Gasteiger partial charge in [0.25, 0.3) is 11.8 Å². The zero-order valence-corrected chi connectivity index (χ0v) is 12.6. The Hall–Kier alpha value is -2.62. The fourth-order valence-electron chi connectivity index (χ4n) is 2.97. The first-order valence-electron chi connectivity index (χ1n) is 7.24. The second kappa shape index (κ2) is 5.64. The van der Waals surface area contributed by atoms with Gasteiger partial charge in [-0.3, -0.25) is 9.59 Å². The van der Waals surface area contributed by atoms with Crippen LogP contribution in [0.5, 0.6) is 0 Å². The highest BCUT2D eigenvalue weighted by molar-refractivity contribution is 5.97. The minimum absolute atomic E-state index is 0.0675. The molecule has 2 unspecified atom stereocenters. The largest absolute Gasteiger partial charge is 0.328 e. The minimum atomic E-state index is -0.557. The number of hydrogen-bond donors (Lipinski definition) is 0. The van der Waals surface area contributed by atoms with Gasteiger partial charge in [-0.25, -0.2) is 0 Å². The van der Waals surface area contributed by atoms with Crippen molar-refractivity contribution >= 4 is 11.8 Å². The molecule has 2 amide bonds. The van der Waals surface area contributed by atoms with Gasteiger partial charge in [-0.1, -0.05) is 60.7 Å². The van der Waals surface area contributed by atoms with Crippen LogP contribution in [0.4, 0.5) is 0 Å². The van der Waals surface area contributed by atoms with Gasteiger partial charge in [0.15, 0.2) is 0 Å². The third-order valence-corrected chi connectivity index (χ3v) is 4.17. The lowest BCUT2D eigenvalue weighted by Gasteiger charge is -2.42. The van der Waals surface area contributed by atoms with Crippen LogP contribution in [0.25, 0.3) is 0 Å². The molecular formula is C18H18N2O2. The summed E-state index contributed by atoms with van der Waals surface area (Å²) in [5, 5.41) is 0. The molecule has 1 aliphatic rings. The van der Waals surface area contributed by atoms with E-state index in [-0.39, 0.29) is 11.8 Å². The Morgan fingerprint density at radius 3 is 1.27 bits per heavy atom. The van der Waals surface area contributed by atoms with Gasteiger partial charge >= 0.3 is 0 Å². The van der Waals surface area contributed by atoms with Gasteiger partial charge in [-0.2, -0.15) is 0 Å². The van der Waals surface area contributed by atoms with E-state index in [2.05, 4.69) is 0 Å². The summed E-state index contributed by atoms with van der Waals surface area (Å²) in [7, 11) is 3.39. The molecule has 3 rings (SSSR count). The fraction of sp³-hybridized carbons (Fsp3) is 0.222. The number of hydrogen-bond acceptors (Lipinski definition) is 2. The monoisotopic (exact) mass is 294 g/mol. The standard InChI is InChI=1S/C18H18N2O2/c1-19-15(13-9-5-3-6-10-13)18(22)20(2)16(17(19)21)14-11-7-4-8-12-14/h3-12,15-16H,1-2H3. The molecule has 4 nitrogen and oxygen atoms in total. The molecule has 22 heavy (non-hydrogen) atoms. The van der Waals surface area contributed by atoms with E-state index in [1.54, 1.807) is 23.9 Å². The van der Waals surface area contributed by atoms with Crippen molar-refractivity contribution in [3.63, 3.8) is 0 Å². The van der Waals surface area contributed by atoms with Gasteiger partial charge in [0.05, 0.1) is 0 Å². The van der Waals surface area contributed by atoms with Gasteiger partial charge in [0.1, 0.15) is 12.1 Å². The Labute approximate surface area is 130 Å². The SMILES string of the molecule is CN1C(=O)C(c2ccccc2)N(C)C(=O)C1c1ccccc1. The predicted octanol–water partition coefficient (Wildman–Crippen LogP) is 2.40. The molecule has 2 aromatic carbocycles. The first-order chi connectivity index (χ1) is 10.6. The van der Waals surface area contributed by atoms with E-state index in [9.17, 15) is 9.59 Å². The van der Waals surface area contributed by atoms with Crippen LogP contribution in [0.3, 0.4) is 0 Å². The Morgan fingerprint density at radius 1 is 0.636 bits per heavy atom. The molecular weight excluding hydrogens is 276 g/mol. The van der Waals surface area contributed by atoms with E-state index in [4.69, 9.17) is 0 Å². The third kappa shape index (κ3) is 2.26. The van der Waals surface area contributed by atoms with Crippen molar-refractivity contribution in [2.24, 2.45) is 0 Å². The number of likely N-dealkylation sites (N-methyl/N-ethyl adjacent to an activating group) is 2. The van der Waals surface area contributed by atoms with Crippen LogP contribution in [0.1, 0.15) is 23.2 Å². The summed E-state index contributed by atoms with van der Waals surface area (Å²) in [5.41, 5.74) is 1.67. The van der Waals surface area contributed by atoms with E-state index >= 15 is 0 Å². The first-order valence-corrected chi connectivity index (χ1v) is 7.24. The quantitative estimate of drug-likeness (QED) is 0.853. The molecule has 1 saturated heterocycles. The molecule has 1 aliphatic heterocycles. The summed E-state index contributed by atoms with van der Waals surface area (Å²) < 4.78 is 0. The maximum atomic E-state index is 12.8. The van der Waals surface area contributed by atoms with Crippen LogP contribution < -0.4 is 0 Å². The fourth-order valence-corrected chi connectivity index (χ4v) is 2.97. The van der Waals surface area contributed by atoms with Crippen molar-refractivity contribution in [1.82, 2.24) is 9.80 Å². The molecule has 0 N–H and O–H groups in total. The van der Waals surface area contributed by atoms with Gasteiger partial charge < -0.3 is 9.80 Å². The van der Waals surface area contributed by atoms with Crippen LogP contribution in [-0.4, -0.2) is 35.7 Å². The summed E-state index contributed by atoms with van der Waals surface area (Å²) in [6.45, 7) is 0. The lowest BCUT2D eigenvalue weighted by atomic mass is 9.95. The van der Waals surface area contributed by atoms with Crippen LogP contribution in [0.15, 0.2) is 60.7 Å². The Kier molecular flexibility index (Phi) is 3.67. The van der Waals surface area contributed by atoms with Crippen molar-refractivity contribution in [1.29, 1.82) is 0 Å². The van der Waals surface area contributed by atoms with Gasteiger partial charge in [0, 0.05) is 14.1 Å². The molecule has 0 aromatic heterocycles. The second-order valence-electron chi connectivity index (χ2n) is 5.52. The molecule has 1 fully saturated rings. The third-order valence-electron chi connectivity index (χ3n) is 4.17. The highest BCUT2D eigenvalue weighted by Gasteiger charge is 2.43. The summed E-state index contributed by atoms with van der Waals surface area (Å²) in [5.74, 6) is -0.135. The molecule has 112 valence electrons. The highest BCUT2D eigenvalue weighted by Crippen LogP contribution is 2.34. The molecule has 2 aromatic rings. The van der Waals surface area contributed by atoms with E-state index in [1.165, 1.54) is 0 Å². The highest BCUT2D eigenvalue weighted by atomic mass is 16.2. The Morgan fingerprint density at radius 2 is 0.955 bits per heavy atom. The topological polar surface area (TPSA) is 40.6 Å². The van der Waals surface area contributed by atoms with Gasteiger partial charge in [-0.05, 0) is 11.1 Å². The smallest absolute Gasteiger partial charge is 0.250 e. The minimum Gasteiger partial charge on any atom is -0.328 e. The lowest BCUT2D eigenvalue weighted by Crippen LogP contribution is -2.54. The van der Waals surface area contributed by atoms with Crippen LogP contribution in [0, 0.1) is 0 Å². The average molecular weight is 294 g/mol. The van der Waals surface area contributed by atoms with E-state index in [1.807, 2.05) is 60.7 Å². The van der Waals surface area contributed by atoms with Crippen LogP contribution in [0.2, 0.25) is 0 Å². The second-order valence-corrected chi connectivity index (χ2v) is 5.52. The molecule has 0 radical (unpaired) electrons. The van der Waals surface area contributed by atoms with E-state index in [0.29, 0.717) is 0 Å². The number of carbonyl (C=O) groups excluding carboxylic acids is 2. The van der Waals surface area contributed by atoms with E-state index in [0.717, 1.165) is 11.1 Å². The van der Waals surface area contributed by atoms with Crippen LogP contribution in [-0.2, 0) is 9.59 Å². The number of piperazine rings is 1. The maximum Gasteiger partial charge on any atom is 0.250 e. The van der Waals surface area contributed by atoms with Crippen molar-refractivity contribution in [2.75, 3.05) is 14.1 Å². The molecule has 0 bridgehead atoms. The number of carbonyl (C=O) groups is 2. The molecule has 4 heteroatoms. The Balaban J connectivity index is 1.99. The van der Waals surface area contributed by atoms with Gasteiger partial charge in [0.2, 0.25) is 0 Å². The average Bonchev–Trinajstić information content (AvgIpc) is 2.55. The molecule has 2 atom stereocenters. The molecule has 0 saturated carbocycles. The summed E-state index contributed by atoms with van der Waals surface area (Å²) in [6.07, 6.45) is 0. The lowest BCUT2D eigenvalue weighted by molar-refractivity contribution is -0.159. The van der Waals surface area contributed by atoms with Crippen molar-refractivity contribution in [3.05, 3.63) is 71.8 Å². The first kappa shape index (κ1) is 14.3. The number of nitrogens with zero attached hydrogens (tertiary/aromatic N) is 2. The zero-order valence-electron chi connectivity index (χ0n) is 12.6. The number of rotatable bonds is 2. The zero-order chi connectivity index (χ0) is 15.7. The molecule has 0 spiro atoms. The van der Waals surface area contributed by atoms with Crippen molar-refractivity contribution in [2.45, 2.75) is 12.1 Å². The van der Waals surface area contributed by atoms with Crippen LogP contribution >= 0.6 is 0 Å². The summed E-state index contributed by atoms with van der Waals surface area (Å²) in [4.78, 5) is 28.7.